The second-order valence-electron chi connectivity index (χ2n) is 3.33. The zero-order chi connectivity index (χ0) is 10.9. The Morgan fingerprint density at radius 3 is 2.31 bits per heavy atom. The van der Waals surface area contributed by atoms with E-state index in [4.69, 9.17) is 0 Å². The van der Waals surface area contributed by atoms with Crippen LogP contribution < -0.4 is 9.44 Å². The Balaban J connectivity index is 0.00000128. The van der Waals surface area contributed by atoms with Crippen molar-refractivity contribution in [2.75, 3.05) is 0 Å². The molecule has 1 heterocycles. The van der Waals surface area contributed by atoms with Gasteiger partial charge in [0.1, 0.15) is 6.04 Å². The molecule has 1 fully saturated rings. The summed E-state index contributed by atoms with van der Waals surface area (Å²) in [5.41, 5.74) is 0.919. The van der Waals surface area contributed by atoms with Crippen LogP contribution in [0.1, 0.15) is 5.56 Å². The van der Waals surface area contributed by atoms with Crippen LogP contribution in [0.2, 0.25) is 0 Å². The monoisotopic (exact) mass is 360 g/mol. The maximum absolute atomic E-state index is 11.2. The van der Waals surface area contributed by atoms with Crippen molar-refractivity contribution in [3.8, 4) is 0 Å². The zero-order valence-corrected chi connectivity index (χ0v) is 8.62. The molecule has 82 valence electrons. The molecule has 1 saturated heterocycles. The molecule has 0 aliphatic carbocycles. The third-order valence-corrected chi connectivity index (χ3v) is 3.20. The van der Waals surface area contributed by atoms with E-state index in [0.717, 1.165) is 5.56 Å². The Bertz CT molecular complexity index is 475. The van der Waals surface area contributed by atoms with E-state index >= 15 is 0 Å². The first-order valence-corrected chi connectivity index (χ1v) is 5.93. The fraction of sp³-hybridized carbons (Fsp3) is 0.222. The van der Waals surface area contributed by atoms with E-state index in [1.165, 1.54) is 0 Å². The third-order valence-electron chi connectivity index (χ3n) is 2.13. The molecule has 1 unspecified atom stereocenters. The SMILES string of the molecule is O=C1NS(=O)(=O)NC1Cc1ccccc1.[CsH]. The van der Waals surface area contributed by atoms with Crippen molar-refractivity contribution in [2.24, 2.45) is 0 Å². The van der Waals surface area contributed by atoms with E-state index in [1.54, 1.807) is 0 Å². The summed E-state index contributed by atoms with van der Waals surface area (Å²) in [4.78, 5) is 11.2. The molecule has 1 atom stereocenters. The second kappa shape index (κ2) is 6.01. The van der Waals surface area contributed by atoms with Gasteiger partial charge in [0.2, 0.25) is 0 Å². The Morgan fingerprint density at radius 1 is 1.19 bits per heavy atom. The van der Waals surface area contributed by atoms with Gasteiger partial charge < -0.3 is 0 Å². The summed E-state index contributed by atoms with van der Waals surface area (Å²) in [5, 5.41) is 0. The summed E-state index contributed by atoms with van der Waals surface area (Å²) in [5.74, 6) is -0.501. The van der Waals surface area contributed by atoms with E-state index in [9.17, 15) is 13.2 Å². The normalized spacial score (nSPS) is 22.2. The van der Waals surface area contributed by atoms with Gasteiger partial charge in [0.25, 0.3) is 5.91 Å². The first kappa shape index (κ1) is 14.7. The maximum atomic E-state index is 11.2. The second-order valence-corrected chi connectivity index (χ2v) is 4.78. The fourth-order valence-corrected chi connectivity index (χ4v) is 2.49. The van der Waals surface area contributed by atoms with Crippen molar-refractivity contribution in [1.29, 1.82) is 0 Å². The molecule has 1 aromatic rings. The van der Waals surface area contributed by atoms with Crippen molar-refractivity contribution in [3.05, 3.63) is 35.9 Å². The van der Waals surface area contributed by atoms with Gasteiger partial charge in [-0.05, 0) is 12.0 Å². The number of hydrogen-bond acceptors (Lipinski definition) is 3. The Morgan fingerprint density at radius 2 is 1.81 bits per heavy atom. The molecular formula is C9H11CsN2O3S. The van der Waals surface area contributed by atoms with Gasteiger partial charge in [0.15, 0.2) is 0 Å². The summed E-state index contributed by atoms with van der Waals surface area (Å²) in [7, 11) is -3.61. The molecule has 5 nitrogen and oxygen atoms in total. The van der Waals surface area contributed by atoms with Crippen LogP contribution in [-0.2, 0) is 21.4 Å². The molecule has 7 heteroatoms. The fourth-order valence-electron chi connectivity index (χ4n) is 1.46. The Labute approximate surface area is 153 Å². The summed E-state index contributed by atoms with van der Waals surface area (Å²) >= 11 is 0. The van der Waals surface area contributed by atoms with Crippen LogP contribution in [0.25, 0.3) is 0 Å². The summed E-state index contributed by atoms with van der Waals surface area (Å²) in [6, 6.07) is 8.55. The number of amides is 1. The van der Waals surface area contributed by atoms with Crippen molar-refractivity contribution in [1.82, 2.24) is 9.44 Å². The topological polar surface area (TPSA) is 75.3 Å². The molecule has 0 aromatic heterocycles. The Kier molecular flexibility index (Phi) is 5.52. The van der Waals surface area contributed by atoms with Gasteiger partial charge in [0.05, 0.1) is 0 Å². The van der Waals surface area contributed by atoms with Crippen LogP contribution in [0.15, 0.2) is 30.3 Å². The van der Waals surface area contributed by atoms with Gasteiger partial charge in [-0.15, -0.1) is 0 Å². The molecule has 2 rings (SSSR count). The average Bonchev–Trinajstić information content (AvgIpc) is 2.41. The first-order chi connectivity index (χ1) is 7.07. The van der Waals surface area contributed by atoms with Crippen LogP contribution >= 0.6 is 0 Å². The van der Waals surface area contributed by atoms with E-state index in [0.29, 0.717) is 6.42 Å². The van der Waals surface area contributed by atoms with Crippen molar-refractivity contribution in [3.63, 3.8) is 0 Å². The quantitative estimate of drug-likeness (QED) is 0.704. The summed E-state index contributed by atoms with van der Waals surface area (Å²) < 4.78 is 26.1. The van der Waals surface area contributed by atoms with Crippen LogP contribution in [0.5, 0.6) is 0 Å². The molecule has 0 spiro atoms. The predicted octanol–water partition coefficient (Wildman–Crippen LogP) is -1.09. The summed E-state index contributed by atoms with van der Waals surface area (Å²) in [6.07, 6.45) is 0.367. The van der Waals surface area contributed by atoms with E-state index in [-0.39, 0.29) is 68.9 Å². The minimum absolute atomic E-state index is 0. The number of carbonyl (C=O) groups excluding carboxylic acids is 1. The van der Waals surface area contributed by atoms with E-state index in [2.05, 4.69) is 4.72 Å². The number of hydrogen-bond donors (Lipinski definition) is 2. The predicted molar refractivity (Wildman–Crippen MR) is 61.3 cm³/mol. The van der Waals surface area contributed by atoms with Crippen LogP contribution in [0, 0.1) is 0 Å². The standard InChI is InChI=1S/C9H10N2O3S.Cs.H/c12-9-8(10-15(13,14)11-9)6-7-4-2-1-3-5-7;;/h1-5,8,10H,6H2,(H,11,12);;. The number of benzene rings is 1. The Hall–Kier alpha value is 0.652. The van der Waals surface area contributed by atoms with Crippen LogP contribution in [-0.4, -0.2) is 89.3 Å². The number of rotatable bonds is 2. The van der Waals surface area contributed by atoms with Gasteiger partial charge in [-0.3, -0.25) is 4.79 Å². The number of nitrogens with one attached hydrogen (secondary N) is 2. The minimum atomic E-state index is -3.61. The average molecular weight is 360 g/mol. The molecule has 0 radical (unpaired) electrons. The molecule has 0 bridgehead atoms. The molecule has 1 aromatic carbocycles. The van der Waals surface area contributed by atoms with E-state index < -0.39 is 22.2 Å². The molecule has 0 saturated carbocycles. The van der Waals surface area contributed by atoms with Gasteiger partial charge in [-0.2, -0.15) is 13.1 Å². The molecule has 2 N–H and O–H groups in total. The van der Waals surface area contributed by atoms with E-state index in [1.807, 2.05) is 35.1 Å². The number of carbonyl (C=O) groups is 1. The molecule has 16 heavy (non-hydrogen) atoms. The first-order valence-electron chi connectivity index (χ1n) is 4.45. The van der Waals surface area contributed by atoms with Gasteiger partial charge in [-0.1, -0.05) is 30.3 Å². The van der Waals surface area contributed by atoms with Gasteiger partial charge in [-0.25, -0.2) is 4.72 Å². The summed E-state index contributed by atoms with van der Waals surface area (Å²) in [6.45, 7) is 0. The van der Waals surface area contributed by atoms with Crippen LogP contribution in [0.4, 0.5) is 0 Å². The molecular weight excluding hydrogens is 349 g/mol. The zero-order valence-electron chi connectivity index (χ0n) is 7.80. The van der Waals surface area contributed by atoms with Crippen LogP contribution in [0.3, 0.4) is 0 Å². The van der Waals surface area contributed by atoms with Crippen molar-refractivity contribution in [2.45, 2.75) is 12.5 Å². The van der Waals surface area contributed by atoms with Gasteiger partial charge >= 0.3 is 79.1 Å². The molecule has 1 aliphatic rings. The molecule has 1 amide bonds. The third kappa shape index (κ3) is 3.84. The van der Waals surface area contributed by atoms with Crippen molar-refractivity contribution >= 4 is 85.0 Å². The van der Waals surface area contributed by atoms with Crippen molar-refractivity contribution < 1.29 is 13.2 Å². The van der Waals surface area contributed by atoms with Gasteiger partial charge in [0, 0.05) is 0 Å². The molecule has 1 aliphatic heterocycles.